The van der Waals surface area contributed by atoms with Crippen molar-refractivity contribution in [3.63, 3.8) is 0 Å². The summed E-state index contributed by atoms with van der Waals surface area (Å²) < 4.78 is 12.3. The van der Waals surface area contributed by atoms with Crippen molar-refractivity contribution in [3.05, 3.63) is 0 Å². The number of nitrogens with two attached hydrogens (primary N) is 1. The van der Waals surface area contributed by atoms with Gasteiger partial charge in [-0.1, -0.05) is 0 Å². The Morgan fingerprint density at radius 3 is 2.60 bits per heavy atom. The van der Waals surface area contributed by atoms with E-state index in [0.717, 1.165) is 6.42 Å². The molecule has 0 spiro atoms. The third-order valence-corrected chi connectivity index (χ3v) is 1.09. The topological polar surface area (TPSA) is 26.0 Å². The lowest BCUT2D eigenvalue weighted by atomic mass is 10.2. The highest BCUT2D eigenvalue weighted by atomic mass is 35.5. The molecule has 0 rings (SSSR count). The molecule has 1 unspecified atom stereocenters. The summed E-state index contributed by atoms with van der Waals surface area (Å²) in [5, 5.41) is 0. The van der Waals surface area contributed by atoms with Gasteiger partial charge in [0.2, 0.25) is 0 Å². The van der Waals surface area contributed by atoms with Crippen molar-refractivity contribution in [3.8, 4) is 12.3 Å². The highest BCUT2D eigenvalue weighted by molar-refractivity contribution is 5.85. The molecule has 1 nitrogen and oxygen atoms in total. The molecule has 0 aliphatic carbocycles. The number of alkyl halides is 1. The second-order valence-electron chi connectivity index (χ2n) is 1.93. The van der Waals surface area contributed by atoms with E-state index in [1.54, 1.807) is 0 Å². The Hall–Kier alpha value is -0.260. The first-order valence-corrected chi connectivity index (χ1v) is 3.09. The summed E-state index contributed by atoms with van der Waals surface area (Å²) in [7, 11) is 0. The maximum atomic E-state index is 12.3. The summed E-state index contributed by atoms with van der Waals surface area (Å²) in [6.07, 6.45) is 5.99. The van der Waals surface area contributed by atoms with Crippen LogP contribution in [0, 0.1) is 12.3 Å². The second kappa shape index (κ2) is 8.74. The van der Waals surface area contributed by atoms with Crippen LogP contribution in [0.4, 0.5) is 4.39 Å². The smallest absolute Gasteiger partial charge is 0.112 e. The van der Waals surface area contributed by atoms with Crippen LogP contribution in [0.5, 0.6) is 0 Å². The maximum absolute atomic E-state index is 12.3. The number of hydrogen-bond acceptors (Lipinski definition) is 1. The Kier molecular flexibility index (Phi) is 10.9. The van der Waals surface area contributed by atoms with Crippen LogP contribution >= 0.6 is 12.4 Å². The van der Waals surface area contributed by atoms with Gasteiger partial charge in [-0.2, -0.15) is 0 Å². The molecule has 0 fully saturated rings. The summed E-state index contributed by atoms with van der Waals surface area (Å²) in [5.41, 5.74) is 5.03. The van der Waals surface area contributed by atoms with Gasteiger partial charge in [-0.3, -0.25) is 0 Å². The van der Waals surface area contributed by atoms with Crippen LogP contribution in [0.2, 0.25) is 0 Å². The zero-order valence-corrected chi connectivity index (χ0v) is 6.66. The van der Waals surface area contributed by atoms with E-state index < -0.39 is 6.17 Å². The molecule has 0 saturated carbocycles. The molecule has 0 saturated heterocycles. The molecule has 3 heteroatoms. The molecule has 0 bridgehead atoms. The van der Waals surface area contributed by atoms with Gasteiger partial charge in [0.15, 0.2) is 0 Å². The Morgan fingerprint density at radius 2 is 2.20 bits per heavy atom. The Balaban J connectivity index is 0. The van der Waals surface area contributed by atoms with Crippen molar-refractivity contribution < 1.29 is 4.39 Å². The molecule has 0 aliphatic rings. The minimum absolute atomic E-state index is 0. The van der Waals surface area contributed by atoms with Crippen molar-refractivity contribution in [2.75, 3.05) is 6.54 Å². The first-order chi connectivity index (χ1) is 4.31. The minimum Gasteiger partial charge on any atom is -0.328 e. The van der Waals surface area contributed by atoms with Crippen molar-refractivity contribution >= 4 is 12.4 Å². The van der Waals surface area contributed by atoms with Crippen LogP contribution in [0.15, 0.2) is 0 Å². The normalized spacial score (nSPS) is 11.3. The molecule has 0 aliphatic heterocycles. The summed E-state index contributed by atoms with van der Waals surface area (Å²) in [4.78, 5) is 0. The zero-order valence-electron chi connectivity index (χ0n) is 5.85. The largest absolute Gasteiger partial charge is 0.328 e. The first kappa shape index (κ1) is 12.4. The molecule has 0 aromatic rings. The second-order valence-corrected chi connectivity index (χ2v) is 1.93. The van der Waals surface area contributed by atoms with E-state index in [0.29, 0.717) is 12.8 Å². The summed E-state index contributed by atoms with van der Waals surface area (Å²) in [5.74, 6) is 2.44. The fraction of sp³-hybridized carbons (Fsp3) is 0.714. The molecule has 0 aromatic heterocycles. The predicted molar refractivity (Wildman–Crippen MR) is 43.9 cm³/mol. The lowest BCUT2D eigenvalue weighted by Gasteiger charge is -2.00. The fourth-order valence-electron chi connectivity index (χ4n) is 0.543. The van der Waals surface area contributed by atoms with Crippen LogP contribution in [-0.2, 0) is 0 Å². The van der Waals surface area contributed by atoms with Gasteiger partial charge in [-0.15, -0.1) is 24.8 Å². The lowest BCUT2D eigenvalue weighted by Crippen LogP contribution is -2.14. The quantitative estimate of drug-likeness (QED) is 0.496. The van der Waals surface area contributed by atoms with E-state index in [-0.39, 0.29) is 19.0 Å². The van der Waals surface area contributed by atoms with Crippen LogP contribution in [0.25, 0.3) is 0 Å². The summed E-state index contributed by atoms with van der Waals surface area (Å²) in [6, 6.07) is 0. The van der Waals surface area contributed by atoms with Gasteiger partial charge in [0, 0.05) is 13.0 Å². The highest BCUT2D eigenvalue weighted by Crippen LogP contribution is 2.01. The lowest BCUT2D eigenvalue weighted by molar-refractivity contribution is 0.317. The number of halogens is 2. The summed E-state index contributed by atoms with van der Waals surface area (Å²) in [6.45, 7) is 0.116. The monoisotopic (exact) mass is 165 g/mol. The average Bonchev–Trinajstić information content (AvgIpc) is 1.89. The van der Waals surface area contributed by atoms with E-state index in [1.165, 1.54) is 0 Å². The average molecular weight is 166 g/mol. The van der Waals surface area contributed by atoms with Gasteiger partial charge >= 0.3 is 0 Å². The molecular formula is C7H13ClFN. The fourth-order valence-corrected chi connectivity index (χ4v) is 0.543. The third-order valence-electron chi connectivity index (χ3n) is 1.09. The van der Waals surface area contributed by atoms with Gasteiger partial charge in [0.05, 0.1) is 0 Å². The molecule has 0 heterocycles. The molecular weight excluding hydrogens is 153 g/mol. The molecule has 0 radical (unpaired) electrons. The molecule has 0 aromatic carbocycles. The Bertz CT molecular complexity index is 100. The van der Waals surface area contributed by atoms with Gasteiger partial charge < -0.3 is 5.73 Å². The van der Waals surface area contributed by atoms with E-state index in [2.05, 4.69) is 5.92 Å². The van der Waals surface area contributed by atoms with Gasteiger partial charge in [0.1, 0.15) is 6.17 Å². The van der Waals surface area contributed by atoms with Crippen molar-refractivity contribution in [2.45, 2.75) is 25.4 Å². The minimum atomic E-state index is -0.863. The molecule has 1 atom stereocenters. The number of hydrogen-bond donors (Lipinski definition) is 1. The van der Waals surface area contributed by atoms with Crippen LogP contribution < -0.4 is 5.73 Å². The van der Waals surface area contributed by atoms with Gasteiger partial charge in [0.25, 0.3) is 0 Å². The Morgan fingerprint density at radius 1 is 1.60 bits per heavy atom. The van der Waals surface area contributed by atoms with E-state index in [1.807, 2.05) is 0 Å². The third kappa shape index (κ3) is 7.74. The first-order valence-electron chi connectivity index (χ1n) is 3.09. The SMILES string of the molecule is C#CCCCC(F)CN.Cl. The Labute approximate surface area is 67.6 Å². The summed E-state index contributed by atoms with van der Waals surface area (Å²) >= 11 is 0. The van der Waals surface area contributed by atoms with Crippen molar-refractivity contribution in [1.29, 1.82) is 0 Å². The number of terminal acetylenes is 1. The van der Waals surface area contributed by atoms with E-state index >= 15 is 0 Å². The molecule has 10 heavy (non-hydrogen) atoms. The maximum Gasteiger partial charge on any atom is 0.112 e. The van der Waals surface area contributed by atoms with Gasteiger partial charge in [-0.25, -0.2) is 4.39 Å². The zero-order chi connectivity index (χ0) is 7.11. The van der Waals surface area contributed by atoms with E-state index in [4.69, 9.17) is 12.2 Å². The van der Waals surface area contributed by atoms with Crippen LogP contribution in [0.3, 0.4) is 0 Å². The van der Waals surface area contributed by atoms with Gasteiger partial charge in [-0.05, 0) is 12.8 Å². The number of unbranched alkanes of at least 4 members (excludes halogenated alkanes) is 1. The highest BCUT2D eigenvalue weighted by Gasteiger charge is 2.00. The standard InChI is InChI=1S/C7H12FN.ClH/c1-2-3-4-5-7(8)6-9;/h1,7H,3-6,9H2;1H. The van der Waals surface area contributed by atoms with Crippen molar-refractivity contribution in [1.82, 2.24) is 0 Å². The van der Waals surface area contributed by atoms with E-state index in [9.17, 15) is 4.39 Å². The van der Waals surface area contributed by atoms with Crippen molar-refractivity contribution in [2.24, 2.45) is 5.73 Å². The molecule has 60 valence electrons. The molecule has 0 amide bonds. The number of rotatable bonds is 4. The predicted octanol–water partition coefficient (Wildman–Crippen LogP) is 1.51. The van der Waals surface area contributed by atoms with Crippen LogP contribution in [0.1, 0.15) is 19.3 Å². The van der Waals surface area contributed by atoms with Crippen LogP contribution in [-0.4, -0.2) is 12.7 Å². The molecule has 2 N–H and O–H groups in total.